The van der Waals surface area contributed by atoms with E-state index in [9.17, 15) is 18.0 Å². The van der Waals surface area contributed by atoms with Gasteiger partial charge in [-0.3, -0.25) is 13.9 Å². The first kappa shape index (κ1) is 29.9. The Morgan fingerprint density at radius 2 is 1.56 bits per heavy atom. The van der Waals surface area contributed by atoms with E-state index in [4.69, 9.17) is 9.47 Å². The highest BCUT2D eigenvalue weighted by molar-refractivity contribution is 7.92. The van der Waals surface area contributed by atoms with Gasteiger partial charge in [0.25, 0.3) is 10.0 Å². The predicted molar refractivity (Wildman–Crippen MR) is 157 cm³/mol. The standard InChI is InChI=1S/C31H37N3O6S/c1-3-5-18-32-31(36)27(4-2)33(22-24-12-8-6-9-13-24)30(35)23-34(41(37,38)26-14-10-7-11-15-26)25-16-17-28-29(21-25)40-20-19-39-28/h6-17,21,27H,3-5,18-20,22-23H2,1-2H3,(H,32,36). The van der Waals surface area contributed by atoms with Crippen LogP contribution < -0.4 is 19.1 Å². The first-order valence-electron chi connectivity index (χ1n) is 13.9. The molecular weight excluding hydrogens is 542 g/mol. The van der Waals surface area contributed by atoms with E-state index in [2.05, 4.69) is 5.32 Å². The lowest BCUT2D eigenvalue weighted by Gasteiger charge is -2.33. The van der Waals surface area contributed by atoms with E-state index in [1.165, 1.54) is 17.0 Å². The molecule has 0 fully saturated rings. The number of nitrogens with zero attached hydrogens (tertiary/aromatic N) is 2. The molecule has 0 spiro atoms. The molecule has 1 aliphatic heterocycles. The summed E-state index contributed by atoms with van der Waals surface area (Å²) in [5.41, 5.74) is 1.09. The SMILES string of the molecule is CCCCNC(=O)C(CC)N(Cc1ccccc1)C(=O)CN(c1ccc2c(c1)OCCO2)S(=O)(=O)c1ccccc1. The number of carbonyl (C=O) groups excluding carboxylic acids is 2. The van der Waals surface area contributed by atoms with E-state index in [1.807, 2.05) is 44.2 Å². The highest BCUT2D eigenvalue weighted by Gasteiger charge is 2.34. The van der Waals surface area contributed by atoms with Gasteiger partial charge in [0.05, 0.1) is 10.6 Å². The third-order valence-corrected chi connectivity index (χ3v) is 8.62. The van der Waals surface area contributed by atoms with E-state index in [0.29, 0.717) is 37.7 Å². The molecule has 10 heteroatoms. The Balaban J connectivity index is 1.72. The van der Waals surface area contributed by atoms with Crippen LogP contribution in [-0.2, 0) is 26.2 Å². The van der Waals surface area contributed by atoms with Crippen molar-refractivity contribution < 1.29 is 27.5 Å². The lowest BCUT2D eigenvalue weighted by Crippen LogP contribution is -2.52. The van der Waals surface area contributed by atoms with E-state index in [-0.39, 0.29) is 23.0 Å². The lowest BCUT2D eigenvalue weighted by molar-refractivity contribution is -0.140. The smallest absolute Gasteiger partial charge is 0.264 e. The lowest BCUT2D eigenvalue weighted by atomic mass is 10.1. The highest BCUT2D eigenvalue weighted by atomic mass is 32.2. The van der Waals surface area contributed by atoms with Gasteiger partial charge in [0.15, 0.2) is 11.5 Å². The quantitative estimate of drug-likeness (QED) is 0.302. The molecule has 4 rings (SSSR count). The number of anilines is 1. The molecule has 1 heterocycles. The summed E-state index contributed by atoms with van der Waals surface area (Å²) in [6, 6.07) is 21.3. The predicted octanol–water partition coefficient (Wildman–Crippen LogP) is 4.38. The molecule has 0 saturated heterocycles. The van der Waals surface area contributed by atoms with Gasteiger partial charge < -0.3 is 19.7 Å². The minimum absolute atomic E-state index is 0.0432. The van der Waals surface area contributed by atoms with Crippen molar-refractivity contribution >= 4 is 27.5 Å². The van der Waals surface area contributed by atoms with E-state index < -0.39 is 28.5 Å². The Labute approximate surface area is 242 Å². The first-order valence-corrected chi connectivity index (χ1v) is 15.4. The number of carbonyl (C=O) groups is 2. The molecule has 0 aromatic heterocycles. The van der Waals surface area contributed by atoms with Crippen LogP contribution in [0.3, 0.4) is 0 Å². The van der Waals surface area contributed by atoms with Gasteiger partial charge in [0, 0.05) is 19.2 Å². The fraction of sp³-hybridized carbons (Fsp3) is 0.355. The van der Waals surface area contributed by atoms with Gasteiger partial charge in [-0.1, -0.05) is 68.8 Å². The molecule has 0 bridgehead atoms. The third-order valence-electron chi connectivity index (χ3n) is 6.84. The molecule has 1 atom stereocenters. The second-order valence-corrected chi connectivity index (χ2v) is 11.6. The monoisotopic (exact) mass is 579 g/mol. The summed E-state index contributed by atoms with van der Waals surface area (Å²) in [7, 11) is -4.16. The van der Waals surface area contributed by atoms with E-state index in [1.54, 1.807) is 36.4 Å². The van der Waals surface area contributed by atoms with Crippen molar-refractivity contribution in [2.24, 2.45) is 0 Å². The van der Waals surface area contributed by atoms with Crippen LogP contribution in [0.2, 0.25) is 0 Å². The van der Waals surface area contributed by atoms with Gasteiger partial charge in [-0.15, -0.1) is 0 Å². The highest BCUT2D eigenvalue weighted by Crippen LogP contribution is 2.36. The largest absolute Gasteiger partial charge is 0.486 e. The van der Waals surface area contributed by atoms with Crippen LogP contribution in [-0.4, -0.2) is 57.5 Å². The van der Waals surface area contributed by atoms with Crippen LogP contribution in [0.1, 0.15) is 38.7 Å². The molecule has 218 valence electrons. The van der Waals surface area contributed by atoms with Crippen molar-refractivity contribution in [3.05, 3.63) is 84.4 Å². The van der Waals surface area contributed by atoms with Crippen LogP contribution in [0, 0.1) is 0 Å². The number of amides is 2. The summed E-state index contributed by atoms with van der Waals surface area (Å²) in [4.78, 5) is 28.9. The third kappa shape index (κ3) is 7.38. The number of benzene rings is 3. The number of nitrogens with one attached hydrogen (secondary N) is 1. The molecule has 2 amide bonds. The Hall–Kier alpha value is -4.05. The zero-order valence-electron chi connectivity index (χ0n) is 23.5. The molecule has 0 radical (unpaired) electrons. The maximum atomic E-state index is 14.1. The molecule has 9 nitrogen and oxygen atoms in total. The number of unbranched alkanes of at least 4 members (excludes halogenated alkanes) is 1. The Kier molecular flexibility index (Phi) is 10.2. The summed E-state index contributed by atoms with van der Waals surface area (Å²) in [5.74, 6) is 0.143. The Morgan fingerprint density at radius 1 is 0.902 bits per heavy atom. The molecule has 1 N–H and O–H groups in total. The molecular formula is C31H37N3O6S. The van der Waals surface area contributed by atoms with Gasteiger partial charge in [0.1, 0.15) is 25.8 Å². The van der Waals surface area contributed by atoms with Crippen molar-refractivity contribution in [1.29, 1.82) is 0 Å². The minimum atomic E-state index is -4.16. The Bertz CT molecular complexity index is 1420. The van der Waals surface area contributed by atoms with Crippen molar-refractivity contribution in [3.63, 3.8) is 0 Å². The van der Waals surface area contributed by atoms with Gasteiger partial charge >= 0.3 is 0 Å². The molecule has 1 aliphatic rings. The number of fused-ring (bicyclic) bond motifs is 1. The maximum Gasteiger partial charge on any atom is 0.264 e. The number of rotatable bonds is 13. The molecule has 0 saturated carbocycles. The van der Waals surface area contributed by atoms with Crippen LogP contribution in [0.15, 0.2) is 83.8 Å². The van der Waals surface area contributed by atoms with Gasteiger partial charge in [-0.05, 0) is 42.7 Å². The fourth-order valence-electron chi connectivity index (χ4n) is 4.64. The van der Waals surface area contributed by atoms with Crippen LogP contribution >= 0.6 is 0 Å². The first-order chi connectivity index (χ1) is 19.8. The average molecular weight is 580 g/mol. The molecule has 0 aliphatic carbocycles. The van der Waals surface area contributed by atoms with E-state index >= 15 is 0 Å². The molecule has 3 aromatic carbocycles. The number of ether oxygens (including phenoxy) is 2. The van der Waals surface area contributed by atoms with Crippen molar-refractivity contribution in [3.8, 4) is 11.5 Å². The summed E-state index contributed by atoms with van der Waals surface area (Å²) >= 11 is 0. The van der Waals surface area contributed by atoms with Crippen LogP contribution in [0.4, 0.5) is 5.69 Å². The second kappa shape index (κ2) is 14.0. The molecule has 41 heavy (non-hydrogen) atoms. The molecule has 1 unspecified atom stereocenters. The fourth-order valence-corrected chi connectivity index (χ4v) is 6.07. The number of hydrogen-bond acceptors (Lipinski definition) is 6. The summed E-state index contributed by atoms with van der Waals surface area (Å²) < 4.78 is 40.3. The topological polar surface area (TPSA) is 105 Å². The van der Waals surface area contributed by atoms with Gasteiger partial charge in [-0.25, -0.2) is 8.42 Å². The van der Waals surface area contributed by atoms with Crippen molar-refractivity contribution in [2.45, 2.75) is 50.6 Å². The van der Waals surface area contributed by atoms with Crippen molar-refractivity contribution in [2.75, 3.05) is 30.6 Å². The summed E-state index contributed by atoms with van der Waals surface area (Å²) in [6.45, 7) is 4.75. The number of hydrogen-bond donors (Lipinski definition) is 1. The van der Waals surface area contributed by atoms with Gasteiger partial charge in [0.2, 0.25) is 11.8 Å². The van der Waals surface area contributed by atoms with Crippen LogP contribution in [0.25, 0.3) is 0 Å². The zero-order chi connectivity index (χ0) is 29.2. The zero-order valence-corrected chi connectivity index (χ0v) is 24.3. The minimum Gasteiger partial charge on any atom is -0.486 e. The number of sulfonamides is 1. The average Bonchev–Trinajstić information content (AvgIpc) is 3.00. The molecule has 3 aromatic rings. The van der Waals surface area contributed by atoms with Crippen LogP contribution in [0.5, 0.6) is 11.5 Å². The van der Waals surface area contributed by atoms with E-state index in [0.717, 1.165) is 22.7 Å². The van der Waals surface area contributed by atoms with Gasteiger partial charge in [-0.2, -0.15) is 0 Å². The summed E-state index contributed by atoms with van der Waals surface area (Å²) in [6.07, 6.45) is 2.11. The normalized spacial score (nSPS) is 13.2. The second-order valence-electron chi connectivity index (χ2n) is 9.73. The summed E-state index contributed by atoms with van der Waals surface area (Å²) in [5, 5.41) is 2.94. The maximum absolute atomic E-state index is 14.1. The Morgan fingerprint density at radius 3 is 2.22 bits per heavy atom. The van der Waals surface area contributed by atoms with Crippen molar-refractivity contribution in [1.82, 2.24) is 10.2 Å².